The van der Waals surface area contributed by atoms with Crippen molar-refractivity contribution in [1.29, 1.82) is 0 Å². The van der Waals surface area contributed by atoms with E-state index in [0.29, 0.717) is 19.3 Å². The highest BCUT2D eigenvalue weighted by Gasteiger charge is 2.19. The molecule has 0 aliphatic heterocycles. The topological polar surface area (TPSA) is 78.9 Å². The summed E-state index contributed by atoms with van der Waals surface area (Å²) in [5.41, 5.74) is 0. The third kappa shape index (κ3) is 58.1. The van der Waals surface area contributed by atoms with E-state index in [1.807, 2.05) is 24.3 Å². The van der Waals surface area contributed by atoms with Crippen LogP contribution in [0.25, 0.3) is 0 Å². The third-order valence-corrected chi connectivity index (χ3v) is 11.8. The van der Waals surface area contributed by atoms with E-state index in [1.54, 1.807) is 0 Å². The van der Waals surface area contributed by atoms with Crippen molar-refractivity contribution < 1.29 is 28.6 Å². The van der Waals surface area contributed by atoms with E-state index in [4.69, 9.17) is 14.2 Å². The molecule has 0 rings (SSSR count). The fraction of sp³-hybridized carbons (Fsp3) is 0.597. The Kier molecular flexibility index (Phi) is 56.0. The summed E-state index contributed by atoms with van der Waals surface area (Å²) >= 11 is 0. The highest BCUT2D eigenvalue weighted by Crippen LogP contribution is 2.12. The van der Waals surface area contributed by atoms with Gasteiger partial charge in [-0.2, -0.15) is 0 Å². The lowest BCUT2D eigenvalue weighted by Crippen LogP contribution is -2.30. The van der Waals surface area contributed by atoms with E-state index in [2.05, 4.69) is 142 Å². The molecule has 0 fully saturated rings. The van der Waals surface area contributed by atoms with Crippen molar-refractivity contribution in [3.05, 3.63) is 146 Å². The van der Waals surface area contributed by atoms with Crippen LogP contribution in [0.3, 0.4) is 0 Å². The molecular formula is C67H106O6. The second-order valence-electron chi connectivity index (χ2n) is 18.8. The zero-order chi connectivity index (χ0) is 52.9. The van der Waals surface area contributed by atoms with Gasteiger partial charge in [0.25, 0.3) is 0 Å². The van der Waals surface area contributed by atoms with Crippen LogP contribution < -0.4 is 0 Å². The highest BCUT2D eigenvalue weighted by molar-refractivity contribution is 5.71. The standard InChI is InChI=1S/C67H106O6/c1-4-7-10-13-16-19-22-25-28-31-33-36-39-42-45-48-51-54-57-60-66(69)72-63-64(62-71-65(68)59-56-53-50-47-44-41-38-35-30-27-24-21-18-15-12-9-6-3)73-67(70)61-58-55-52-49-46-43-40-37-34-32-29-26-23-20-17-14-11-8-5-2/h16-21,25-30,33-34,36-37,42-43,45-46,51-52,54-55,64H,4-15,22-24,31-32,35,38-41,44,47-50,53,56-63H2,1-3H3/b19-16-,20-17-,21-18-,28-25-,29-26-,30-27-,36-33-,37-34-,45-42-,46-43-,54-51-,55-52-/t64-/m0/s1. The second kappa shape index (κ2) is 59.8. The van der Waals surface area contributed by atoms with Crippen LogP contribution >= 0.6 is 0 Å². The van der Waals surface area contributed by atoms with Gasteiger partial charge in [-0.25, -0.2) is 0 Å². The summed E-state index contributed by atoms with van der Waals surface area (Å²) in [5, 5.41) is 0. The minimum atomic E-state index is -0.858. The Morgan fingerprint density at radius 1 is 0.274 bits per heavy atom. The van der Waals surface area contributed by atoms with Gasteiger partial charge in [-0.1, -0.05) is 237 Å². The van der Waals surface area contributed by atoms with Gasteiger partial charge in [-0.15, -0.1) is 0 Å². The average Bonchev–Trinajstić information content (AvgIpc) is 3.39. The minimum absolute atomic E-state index is 0.140. The number of hydrogen-bond acceptors (Lipinski definition) is 6. The Bertz CT molecular complexity index is 1630. The van der Waals surface area contributed by atoms with Crippen LogP contribution in [0, 0.1) is 0 Å². The van der Waals surface area contributed by atoms with Crippen LogP contribution in [-0.2, 0) is 28.6 Å². The molecule has 6 nitrogen and oxygen atoms in total. The van der Waals surface area contributed by atoms with Crippen LogP contribution in [0.4, 0.5) is 0 Å². The number of rotatable bonds is 51. The van der Waals surface area contributed by atoms with Gasteiger partial charge in [-0.05, 0) is 128 Å². The Morgan fingerprint density at radius 2 is 0.521 bits per heavy atom. The highest BCUT2D eigenvalue weighted by atomic mass is 16.6. The normalized spacial score (nSPS) is 13.2. The number of esters is 3. The molecular weight excluding hydrogens is 901 g/mol. The van der Waals surface area contributed by atoms with Crippen LogP contribution in [0.5, 0.6) is 0 Å². The number of unbranched alkanes of at least 4 members (excludes halogenated alkanes) is 16. The third-order valence-electron chi connectivity index (χ3n) is 11.8. The average molecular weight is 1010 g/mol. The number of allylic oxidation sites excluding steroid dienone is 24. The molecule has 1 atom stereocenters. The molecule has 0 aromatic carbocycles. The SMILES string of the molecule is CCCCC/C=C\C/C=C\C/C=C\C/C=C\C/C=C\CCC(=O)OC[C@H](COC(=O)CCCCCCCCC/C=C\C/C=C\CCCCC)OC(=O)CC/C=C\C/C=C\C/C=C\C/C=C\C/C=C\CCCCC. The Labute approximate surface area is 448 Å². The van der Waals surface area contributed by atoms with E-state index in [0.717, 1.165) is 83.5 Å². The minimum Gasteiger partial charge on any atom is -0.462 e. The molecule has 0 saturated heterocycles. The van der Waals surface area contributed by atoms with Gasteiger partial charge >= 0.3 is 17.9 Å². The smallest absolute Gasteiger partial charge is 0.306 e. The lowest BCUT2D eigenvalue weighted by atomic mass is 10.1. The van der Waals surface area contributed by atoms with Gasteiger partial charge < -0.3 is 14.2 Å². The molecule has 0 spiro atoms. The molecule has 0 aromatic rings. The fourth-order valence-corrected chi connectivity index (χ4v) is 7.38. The summed E-state index contributed by atoms with van der Waals surface area (Å²) in [5.74, 6) is -1.12. The zero-order valence-electron chi connectivity index (χ0n) is 46.8. The predicted molar refractivity (Wildman–Crippen MR) is 315 cm³/mol. The van der Waals surface area contributed by atoms with Crippen LogP contribution in [-0.4, -0.2) is 37.2 Å². The maximum absolute atomic E-state index is 12.8. The molecule has 0 aliphatic carbocycles. The van der Waals surface area contributed by atoms with E-state index < -0.39 is 12.1 Å². The molecule has 410 valence electrons. The van der Waals surface area contributed by atoms with Gasteiger partial charge in [0.2, 0.25) is 0 Å². The molecule has 73 heavy (non-hydrogen) atoms. The lowest BCUT2D eigenvalue weighted by Gasteiger charge is -2.18. The van der Waals surface area contributed by atoms with E-state index in [9.17, 15) is 14.4 Å². The van der Waals surface area contributed by atoms with Crippen LogP contribution in [0.15, 0.2) is 146 Å². The molecule has 0 saturated carbocycles. The maximum atomic E-state index is 12.8. The van der Waals surface area contributed by atoms with Crippen molar-refractivity contribution in [3.63, 3.8) is 0 Å². The quantitative estimate of drug-likeness (QED) is 0.0261. The fourth-order valence-electron chi connectivity index (χ4n) is 7.38. The molecule has 0 unspecified atom stereocenters. The lowest BCUT2D eigenvalue weighted by molar-refractivity contribution is -0.166. The first-order valence-corrected chi connectivity index (χ1v) is 29.3. The summed E-state index contributed by atoms with van der Waals surface area (Å²) in [6.07, 6.45) is 85.7. The van der Waals surface area contributed by atoms with Crippen LogP contribution in [0.2, 0.25) is 0 Å². The summed E-state index contributed by atoms with van der Waals surface area (Å²) in [7, 11) is 0. The van der Waals surface area contributed by atoms with E-state index >= 15 is 0 Å². The molecule has 0 radical (unpaired) electrons. The van der Waals surface area contributed by atoms with Gasteiger partial charge in [0.05, 0.1) is 0 Å². The van der Waals surface area contributed by atoms with Crippen molar-refractivity contribution >= 4 is 17.9 Å². The summed E-state index contributed by atoms with van der Waals surface area (Å²) in [4.78, 5) is 38.1. The van der Waals surface area contributed by atoms with E-state index in [-0.39, 0.29) is 38.0 Å². The summed E-state index contributed by atoms with van der Waals surface area (Å²) in [6, 6.07) is 0. The predicted octanol–water partition coefficient (Wildman–Crippen LogP) is 20.0. The van der Waals surface area contributed by atoms with Gasteiger partial charge in [0.1, 0.15) is 13.2 Å². The molecule has 0 amide bonds. The zero-order valence-corrected chi connectivity index (χ0v) is 46.8. The Hall–Kier alpha value is -4.71. The second-order valence-corrected chi connectivity index (χ2v) is 18.8. The first-order valence-electron chi connectivity index (χ1n) is 29.3. The number of hydrogen-bond donors (Lipinski definition) is 0. The Morgan fingerprint density at radius 3 is 0.849 bits per heavy atom. The maximum Gasteiger partial charge on any atom is 0.306 e. The monoisotopic (exact) mass is 1010 g/mol. The molecule has 0 bridgehead atoms. The van der Waals surface area contributed by atoms with Crippen molar-refractivity contribution in [2.45, 2.75) is 245 Å². The van der Waals surface area contributed by atoms with Gasteiger partial charge in [0.15, 0.2) is 6.10 Å². The largest absolute Gasteiger partial charge is 0.462 e. The Balaban J connectivity index is 4.65. The molecule has 0 heterocycles. The summed E-state index contributed by atoms with van der Waals surface area (Å²) in [6.45, 7) is 6.42. The first kappa shape index (κ1) is 68.3. The summed E-state index contributed by atoms with van der Waals surface area (Å²) < 4.78 is 16.7. The van der Waals surface area contributed by atoms with Crippen molar-refractivity contribution in [3.8, 4) is 0 Å². The number of ether oxygens (including phenoxy) is 3. The van der Waals surface area contributed by atoms with Crippen molar-refractivity contribution in [2.75, 3.05) is 13.2 Å². The molecule has 0 aliphatic rings. The van der Waals surface area contributed by atoms with Gasteiger partial charge in [-0.3, -0.25) is 14.4 Å². The van der Waals surface area contributed by atoms with Crippen molar-refractivity contribution in [2.24, 2.45) is 0 Å². The van der Waals surface area contributed by atoms with Gasteiger partial charge in [0, 0.05) is 19.3 Å². The van der Waals surface area contributed by atoms with Crippen LogP contribution in [0.1, 0.15) is 239 Å². The van der Waals surface area contributed by atoms with Crippen molar-refractivity contribution in [1.82, 2.24) is 0 Å². The molecule has 0 N–H and O–H groups in total. The first-order chi connectivity index (χ1) is 36.0. The number of carbonyl (C=O) groups excluding carboxylic acids is 3. The molecule has 6 heteroatoms. The van der Waals surface area contributed by atoms with E-state index in [1.165, 1.54) is 103 Å². The molecule has 0 aromatic heterocycles. The number of carbonyl (C=O) groups is 3.